The summed E-state index contributed by atoms with van der Waals surface area (Å²) >= 11 is 0. The Morgan fingerprint density at radius 2 is 0.408 bits per heavy atom. The van der Waals surface area contributed by atoms with Crippen molar-refractivity contribution in [2.75, 3.05) is 39.6 Å². The molecule has 2 unspecified atom stereocenters. The second-order valence-corrected chi connectivity index (χ2v) is 31.4. The third-order valence-corrected chi connectivity index (χ3v) is 20.5. The van der Waals surface area contributed by atoms with E-state index in [0.717, 1.165) is 89.9 Å². The monoisotopic (exact) mass is 1440 g/mol. The molecule has 0 aliphatic carbocycles. The van der Waals surface area contributed by atoms with Crippen molar-refractivity contribution in [2.24, 2.45) is 0 Å². The minimum atomic E-state index is -4.96. The third kappa shape index (κ3) is 72.4. The molecule has 0 radical (unpaired) electrons. The molecular weight excluding hydrogens is 1280 g/mol. The van der Waals surface area contributed by atoms with Crippen LogP contribution in [0.4, 0.5) is 0 Å². The first-order chi connectivity index (χ1) is 47.7. The van der Waals surface area contributed by atoms with Gasteiger partial charge in [-0.2, -0.15) is 0 Å². The van der Waals surface area contributed by atoms with E-state index in [2.05, 4.69) is 27.7 Å². The van der Waals surface area contributed by atoms with Gasteiger partial charge in [0.2, 0.25) is 0 Å². The molecule has 17 nitrogen and oxygen atoms in total. The fourth-order valence-electron chi connectivity index (χ4n) is 12.3. The first-order valence-corrected chi connectivity index (χ1v) is 44.3. The van der Waals surface area contributed by atoms with Gasteiger partial charge in [0.25, 0.3) is 0 Å². The topological polar surface area (TPSA) is 237 Å². The first-order valence-electron chi connectivity index (χ1n) is 41.3. The van der Waals surface area contributed by atoms with Crippen LogP contribution in [-0.4, -0.2) is 96.7 Å². The van der Waals surface area contributed by atoms with E-state index in [1.54, 1.807) is 0 Å². The summed E-state index contributed by atoms with van der Waals surface area (Å²) in [5.41, 5.74) is 0. The van der Waals surface area contributed by atoms with Gasteiger partial charge in [0, 0.05) is 25.7 Å². The zero-order valence-corrected chi connectivity index (χ0v) is 65.6. The maximum absolute atomic E-state index is 13.1. The highest BCUT2D eigenvalue weighted by Gasteiger charge is 2.30. The van der Waals surface area contributed by atoms with Crippen molar-refractivity contribution in [1.29, 1.82) is 0 Å². The van der Waals surface area contributed by atoms with Gasteiger partial charge in [-0.15, -0.1) is 0 Å². The number of esters is 4. The van der Waals surface area contributed by atoms with Crippen LogP contribution in [0.15, 0.2) is 0 Å². The van der Waals surface area contributed by atoms with Gasteiger partial charge in [-0.05, 0) is 25.7 Å². The standard InChI is InChI=1S/C79H154O17P2/c1-5-9-13-17-21-25-28-31-33-35-36-37-39-41-43-46-50-54-58-62-66-79(84)96-75(70-90-77(82)64-60-56-52-48-45-42-40-38-34-32-29-26-22-18-14-10-6-2)72-94-98(87,88)92-68-73(80)67-91-97(85,86)93-71-74(69-89-76(81)63-59-55-51-47-24-20-16-12-8-4)95-78(83)65-61-57-53-49-44-30-27-23-19-15-11-7-3/h73-75,80H,5-72H2,1-4H3,(H,85,86)(H,87,88)/t73-,74+,75+/m0/s1. The molecule has 0 fully saturated rings. The number of phosphoric acid groups is 2. The Balaban J connectivity index is 5.20. The Morgan fingerprint density at radius 1 is 0.245 bits per heavy atom. The Labute approximate surface area is 600 Å². The molecule has 0 aliphatic heterocycles. The second-order valence-electron chi connectivity index (χ2n) is 28.5. The summed E-state index contributed by atoms with van der Waals surface area (Å²) in [5.74, 6) is -2.11. The van der Waals surface area contributed by atoms with Gasteiger partial charge in [-0.3, -0.25) is 37.3 Å². The molecule has 0 saturated carbocycles. The Morgan fingerprint density at radius 3 is 0.602 bits per heavy atom. The molecule has 0 spiro atoms. The third-order valence-electron chi connectivity index (χ3n) is 18.6. The zero-order chi connectivity index (χ0) is 71.8. The van der Waals surface area contributed by atoms with Gasteiger partial charge in [-0.25, -0.2) is 9.13 Å². The summed E-state index contributed by atoms with van der Waals surface area (Å²) in [7, 11) is -9.91. The van der Waals surface area contributed by atoms with E-state index in [9.17, 15) is 43.2 Å². The quantitative estimate of drug-likeness (QED) is 0.0222. The highest BCUT2D eigenvalue weighted by molar-refractivity contribution is 7.47. The lowest BCUT2D eigenvalue weighted by Gasteiger charge is -2.21. The normalized spacial score (nSPS) is 13.8. The Kier molecular flexibility index (Phi) is 71.9. The summed E-state index contributed by atoms with van der Waals surface area (Å²) in [5, 5.41) is 10.6. The molecule has 0 bridgehead atoms. The van der Waals surface area contributed by atoms with Crippen LogP contribution in [0, 0.1) is 0 Å². The predicted octanol–water partition coefficient (Wildman–Crippen LogP) is 23.8. The van der Waals surface area contributed by atoms with Crippen molar-refractivity contribution < 1.29 is 80.2 Å². The molecule has 0 aromatic heterocycles. The molecule has 98 heavy (non-hydrogen) atoms. The largest absolute Gasteiger partial charge is 0.472 e. The zero-order valence-electron chi connectivity index (χ0n) is 63.8. The fraction of sp³-hybridized carbons (Fsp3) is 0.949. The van der Waals surface area contributed by atoms with Crippen LogP contribution < -0.4 is 0 Å². The van der Waals surface area contributed by atoms with E-state index >= 15 is 0 Å². The van der Waals surface area contributed by atoms with Crippen LogP contribution in [0.1, 0.15) is 426 Å². The molecular formula is C79H154O17P2. The van der Waals surface area contributed by atoms with Crippen LogP contribution in [0.3, 0.4) is 0 Å². The van der Waals surface area contributed by atoms with E-state index in [1.165, 1.54) is 257 Å². The molecule has 19 heteroatoms. The highest BCUT2D eigenvalue weighted by atomic mass is 31.2. The molecule has 0 saturated heterocycles. The number of hydrogen-bond acceptors (Lipinski definition) is 15. The number of unbranched alkanes of at least 4 members (excludes halogenated alkanes) is 54. The van der Waals surface area contributed by atoms with Crippen LogP contribution in [0.25, 0.3) is 0 Å². The smallest absolute Gasteiger partial charge is 0.462 e. The summed E-state index contributed by atoms with van der Waals surface area (Å²) in [6.45, 7) is 5.00. The maximum atomic E-state index is 13.1. The molecule has 5 atom stereocenters. The number of aliphatic hydroxyl groups excluding tert-OH is 1. The minimum Gasteiger partial charge on any atom is -0.462 e. The van der Waals surface area contributed by atoms with Gasteiger partial charge >= 0.3 is 39.5 Å². The number of carbonyl (C=O) groups excluding carboxylic acids is 4. The van der Waals surface area contributed by atoms with Crippen LogP contribution in [0.5, 0.6) is 0 Å². The predicted molar refractivity (Wildman–Crippen MR) is 400 cm³/mol. The highest BCUT2D eigenvalue weighted by Crippen LogP contribution is 2.45. The Hall–Kier alpha value is -1.94. The molecule has 0 amide bonds. The molecule has 0 rings (SSSR count). The SMILES string of the molecule is CCCCCCCCCCCCCCCCCCCCCCC(=O)O[C@H](COC(=O)CCCCCCCCCCCCCCCCCCC)COP(=O)(O)OC[C@@H](O)COP(=O)(O)OC[C@@H](COC(=O)CCCCCCCCCCC)OC(=O)CCCCCCCCCCCCCC. The second kappa shape index (κ2) is 73.4. The lowest BCUT2D eigenvalue weighted by Crippen LogP contribution is -2.30. The van der Waals surface area contributed by atoms with Crippen LogP contribution >= 0.6 is 15.6 Å². The number of aliphatic hydroxyl groups is 1. The van der Waals surface area contributed by atoms with Gasteiger partial charge in [-0.1, -0.05) is 374 Å². The van der Waals surface area contributed by atoms with Crippen LogP contribution in [0.2, 0.25) is 0 Å². The van der Waals surface area contributed by atoms with Gasteiger partial charge < -0.3 is 33.8 Å². The molecule has 0 aromatic carbocycles. The molecule has 0 aliphatic rings. The van der Waals surface area contributed by atoms with E-state index in [1.807, 2.05) is 0 Å². The van der Waals surface area contributed by atoms with Crippen molar-refractivity contribution in [3.63, 3.8) is 0 Å². The molecule has 582 valence electrons. The number of hydrogen-bond donors (Lipinski definition) is 3. The summed E-state index contributed by atoms with van der Waals surface area (Å²) in [6, 6.07) is 0. The number of ether oxygens (including phenoxy) is 4. The van der Waals surface area contributed by atoms with E-state index in [4.69, 9.17) is 37.0 Å². The van der Waals surface area contributed by atoms with E-state index in [0.29, 0.717) is 25.7 Å². The molecule has 3 N–H and O–H groups in total. The van der Waals surface area contributed by atoms with E-state index in [-0.39, 0.29) is 25.7 Å². The summed E-state index contributed by atoms with van der Waals surface area (Å²) < 4.78 is 68.6. The van der Waals surface area contributed by atoms with Crippen molar-refractivity contribution in [2.45, 2.75) is 444 Å². The number of phosphoric ester groups is 2. The molecule has 0 heterocycles. The van der Waals surface area contributed by atoms with Gasteiger partial charge in [0.1, 0.15) is 19.3 Å². The van der Waals surface area contributed by atoms with E-state index < -0.39 is 97.5 Å². The Bertz CT molecular complexity index is 1860. The number of rotatable bonds is 80. The molecule has 0 aromatic rings. The average Bonchev–Trinajstić information content (AvgIpc) is 1.00. The average molecular weight is 1440 g/mol. The van der Waals surface area contributed by atoms with Crippen LogP contribution in [-0.2, 0) is 65.4 Å². The number of carbonyl (C=O) groups is 4. The summed E-state index contributed by atoms with van der Waals surface area (Å²) in [4.78, 5) is 72.9. The van der Waals surface area contributed by atoms with Gasteiger partial charge in [0.15, 0.2) is 12.2 Å². The summed E-state index contributed by atoms with van der Waals surface area (Å²) in [6.07, 6.45) is 65.2. The van der Waals surface area contributed by atoms with Crippen molar-refractivity contribution in [3.05, 3.63) is 0 Å². The van der Waals surface area contributed by atoms with Crippen molar-refractivity contribution >= 4 is 39.5 Å². The van der Waals surface area contributed by atoms with Crippen molar-refractivity contribution in [3.8, 4) is 0 Å². The minimum absolute atomic E-state index is 0.108. The first kappa shape index (κ1) is 96.1. The maximum Gasteiger partial charge on any atom is 0.472 e. The fourth-order valence-corrected chi connectivity index (χ4v) is 13.9. The van der Waals surface area contributed by atoms with Crippen molar-refractivity contribution in [1.82, 2.24) is 0 Å². The van der Waals surface area contributed by atoms with Gasteiger partial charge in [0.05, 0.1) is 26.4 Å². The lowest BCUT2D eigenvalue weighted by atomic mass is 10.0. The lowest BCUT2D eigenvalue weighted by molar-refractivity contribution is -0.161.